The Morgan fingerprint density at radius 3 is 2.42 bits per heavy atom. The van der Waals surface area contributed by atoms with E-state index in [-0.39, 0.29) is 30.0 Å². The highest BCUT2D eigenvalue weighted by Gasteiger charge is 2.16. The predicted octanol–water partition coefficient (Wildman–Crippen LogP) is 2.76. The van der Waals surface area contributed by atoms with Crippen LogP contribution in [0.25, 0.3) is 0 Å². The first-order valence-electron chi connectivity index (χ1n) is 7.99. The molecular weight excluding hydrogens is 376 g/mol. The van der Waals surface area contributed by atoms with Crippen molar-refractivity contribution in [3.05, 3.63) is 64.7 Å². The molecule has 2 rings (SSSR count). The fourth-order valence-corrected chi connectivity index (χ4v) is 3.64. The first kappa shape index (κ1) is 20.4. The van der Waals surface area contributed by atoms with Crippen LogP contribution >= 0.6 is 11.6 Å². The lowest BCUT2D eigenvalue weighted by atomic mass is 10.1. The van der Waals surface area contributed by atoms with Crippen LogP contribution in [-0.4, -0.2) is 34.6 Å². The van der Waals surface area contributed by atoms with E-state index < -0.39 is 10.0 Å². The Balaban J connectivity index is 2.06. The summed E-state index contributed by atoms with van der Waals surface area (Å²) in [7, 11) is -2.13. The minimum Gasteiger partial charge on any atom is -0.383 e. The van der Waals surface area contributed by atoms with E-state index in [4.69, 9.17) is 16.3 Å². The van der Waals surface area contributed by atoms with Gasteiger partial charge in [0.05, 0.1) is 17.5 Å². The molecule has 0 saturated heterocycles. The Kier molecular flexibility index (Phi) is 7.16. The van der Waals surface area contributed by atoms with E-state index in [1.807, 2.05) is 25.1 Å². The molecular formula is C18H21ClN2O4S. The van der Waals surface area contributed by atoms with Gasteiger partial charge < -0.3 is 10.1 Å². The molecule has 0 spiro atoms. The van der Waals surface area contributed by atoms with E-state index in [1.54, 1.807) is 6.07 Å². The molecule has 26 heavy (non-hydrogen) atoms. The van der Waals surface area contributed by atoms with Gasteiger partial charge in [0.1, 0.15) is 0 Å². The Morgan fingerprint density at radius 1 is 1.15 bits per heavy atom. The van der Waals surface area contributed by atoms with Gasteiger partial charge in [-0.15, -0.1) is 0 Å². The van der Waals surface area contributed by atoms with Gasteiger partial charge >= 0.3 is 0 Å². The van der Waals surface area contributed by atoms with Crippen LogP contribution in [0.4, 0.5) is 0 Å². The van der Waals surface area contributed by atoms with Gasteiger partial charge in [-0.2, -0.15) is 0 Å². The summed E-state index contributed by atoms with van der Waals surface area (Å²) in [4.78, 5) is 12.5. The Morgan fingerprint density at radius 2 is 1.81 bits per heavy atom. The molecule has 0 saturated carbocycles. The minimum atomic E-state index is -3.63. The van der Waals surface area contributed by atoms with Crippen molar-refractivity contribution in [1.29, 1.82) is 0 Å². The maximum Gasteiger partial charge on any atom is 0.251 e. The fourth-order valence-electron chi connectivity index (χ4n) is 2.33. The van der Waals surface area contributed by atoms with Gasteiger partial charge in [-0.05, 0) is 42.8 Å². The van der Waals surface area contributed by atoms with E-state index in [0.717, 1.165) is 5.56 Å². The first-order chi connectivity index (χ1) is 12.3. The molecule has 0 aromatic heterocycles. The lowest BCUT2D eigenvalue weighted by Crippen LogP contribution is -2.28. The van der Waals surface area contributed by atoms with Crippen LogP contribution in [0.5, 0.6) is 0 Å². The SMILES string of the molecule is COCCNS(=O)(=O)c1ccc(C(=O)NC(C)c2ccccc2Cl)cc1. The number of nitrogens with one attached hydrogen (secondary N) is 2. The number of benzene rings is 2. The average Bonchev–Trinajstić information content (AvgIpc) is 2.62. The molecule has 0 aliphatic rings. The normalized spacial score (nSPS) is 12.6. The summed E-state index contributed by atoms with van der Waals surface area (Å²) in [5, 5.41) is 3.42. The number of amides is 1. The van der Waals surface area contributed by atoms with Crippen LogP contribution in [-0.2, 0) is 14.8 Å². The maximum absolute atomic E-state index is 12.4. The molecule has 8 heteroatoms. The van der Waals surface area contributed by atoms with Gasteiger partial charge in [-0.25, -0.2) is 13.1 Å². The number of carbonyl (C=O) groups is 1. The molecule has 6 nitrogen and oxygen atoms in total. The number of halogens is 1. The summed E-state index contributed by atoms with van der Waals surface area (Å²) in [6.07, 6.45) is 0. The number of rotatable bonds is 8. The number of carbonyl (C=O) groups excluding carboxylic acids is 1. The first-order valence-corrected chi connectivity index (χ1v) is 9.85. The second-order valence-corrected chi connectivity index (χ2v) is 7.81. The van der Waals surface area contributed by atoms with Gasteiger partial charge in [-0.1, -0.05) is 29.8 Å². The van der Waals surface area contributed by atoms with Gasteiger partial charge in [0, 0.05) is 24.2 Å². The highest BCUT2D eigenvalue weighted by molar-refractivity contribution is 7.89. The van der Waals surface area contributed by atoms with Crippen LogP contribution < -0.4 is 10.0 Å². The van der Waals surface area contributed by atoms with E-state index in [1.165, 1.54) is 31.4 Å². The van der Waals surface area contributed by atoms with Crippen molar-refractivity contribution in [2.45, 2.75) is 17.9 Å². The average molecular weight is 397 g/mol. The van der Waals surface area contributed by atoms with E-state index in [0.29, 0.717) is 10.6 Å². The van der Waals surface area contributed by atoms with Gasteiger partial charge in [-0.3, -0.25) is 4.79 Å². The maximum atomic E-state index is 12.4. The number of hydrogen-bond donors (Lipinski definition) is 2. The van der Waals surface area contributed by atoms with Gasteiger partial charge in [0.2, 0.25) is 10.0 Å². The fraction of sp³-hybridized carbons (Fsp3) is 0.278. The summed E-state index contributed by atoms with van der Waals surface area (Å²) in [5.74, 6) is -0.311. The van der Waals surface area contributed by atoms with E-state index >= 15 is 0 Å². The zero-order valence-electron chi connectivity index (χ0n) is 14.5. The second-order valence-electron chi connectivity index (χ2n) is 5.63. The Hall–Kier alpha value is -1.93. The molecule has 1 amide bonds. The van der Waals surface area contributed by atoms with Gasteiger partial charge in [0.25, 0.3) is 5.91 Å². The minimum absolute atomic E-state index is 0.0873. The lowest BCUT2D eigenvalue weighted by Gasteiger charge is -2.16. The standard InChI is InChI=1S/C18H21ClN2O4S/c1-13(16-5-3-4-6-17(16)19)21-18(22)14-7-9-15(10-8-14)26(23,24)20-11-12-25-2/h3-10,13,20H,11-12H2,1-2H3,(H,21,22). The summed E-state index contributed by atoms with van der Waals surface area (Å²) in [5.41, 5.74) is 1.17. The molecule has 2 N–H and O–H groups in total. The molecule has 0 aliphatic heterocycles. The highest BCUT2D eigenvalue weighted by atomic mass is 35.5. The van der Waals surface area contributed by atoms with Crippen LogP contribution in [0.1, 0.15) is 28.9 Å². The number of ether oxygens (including phenoxy) is 1. The van der Waals surface area contributed by atoms with Crippen molar-refractivity contribution in [1.82, 2.24) is 10.0 Å². The zero-order chi connectivity index (χ0) is 19.2. The van der Waals surface area contributed by atoms with Crippen molar-refractivity contribution >= 4 is 27.5 Å². The highest BCUT2D eigenvalue weighted by Crippen LogP contribution is 2.22. The third kappa shape index (κ3) is 5.28. The molecule has 1 atom stereocenters. The largest absolute Gasteiger partial charge is 0.383 e. The molecule has 0 bridgehead atoms. The van der Waals surface area contributed by atoms with Crippen molar-refractivity contribution in [3.63, 3.8) is 0 Å². The summed E-state index contributed by atoms with van der Waals surface area (Å²) in [6, 6.07) is 12.7. The third-order valence-corrected chi connectivity index (χ3v) is 5.57. The van der Waals surface area contributed by atoms with Gasteiger partial charge in [0.15, 0.2) is 0 Å². The van der Waals surface area contributed by atoms with Crippen molar-refractivity contribution in [2.24, 2.45) is 0 Å². The van der Waals surface area contributed by atoms with Crippen molar-refractivity contribution < 1.29 is 17.9 Å². The van der Waals surface area contributed by atoms with Crippen LogP contribution in [0, 0.1) is 0 Å². The molecule has 0 fully saturated rings. The number of hydrogen-bond acceptors (Lipinski definition) is 4. The molecule has 2 aromatic carbocycles. The molecule has 0 heterocycles. The van der Waals surface area contributed by atoms with Crippen LogP contribution in [0.2, 0.25) is 5.02 Å². The van der Waals surface area contributed by atoms with Crippen molar-refractivity contribution in [2.75, 3.05) is 20.3 Å². The second kappa shape index (κ2) is 9.14. The summed E-state index contributed by atoms with van der Waals surface area (Å²) in [6.45, 7) is 2.29. The Bertz CT molecular complexity index is 854. The van der Waals surface area contributed by atoms with Crippen LogP contribution in [0.15, 0.2) is 53.4 Å². The smallest absolute Gasteiger partial charge is 0.251 e. The molecule has 0 radical (unpaired) electrons. The quantitative estimate of drug-likeness (QED) is 0.672. The Labute approximate surface area is 158 Å². The molecule has 1 unspecified atom stereocenters. The van der Waals surface area contributed by atoms with E-state index in [2.05, 4.69) is 10.0 Å². The number of methoxy groups -OCH3 is 1. The summed E-state index contributed by atoms with van der Waals surface area (Å²) < 4.78 is 31.4. The number of sulfonamides is 1. The summed E-state index contributed by atoms with van der Waals surface area (Å²) >= 11 is 6.14. The predicted molar refractivity (Wildman–Crippen MR) is 101 cm³/mol. The molecule has 2 aromatic rings. The molecule has 0 aliphatic carbocycles. The van der Waals surface area contributed by atoms with Crippen LogP contribution in [0.3, 0.4) is 0 Å². The third-order valence-electron chi connectivity index (χ3n) is 3.74. The topological polar surface area (TPSA) is 84.5 Å². The zero-order valence-corrected chi connectivity index (χ0v) is 16.1. The lowest BCUT2D eigenvalue weighted by molar-refractivity contribution is 0.0940. The van der Waals surface area contributed by atoms with E-state index in [9.17, 15) is 13.2 Å². The van der Waals surface area contributed by atoms with Crippen molar-refractivity contribution in [3.8, 4) is 0 Å². The molecule has 140 valence electrons. The monoisotopic (exact) mass is 396 g/mol.